The third-order valence-electron chi connectivity index (χ3n) is 4.17. The number of carbonyl (C=O) groups is 1. The van der Waals surface area contributed by atoms with E-state index in [2.05, 4.69) is 26.1 Å². The van der Waals surface area contributed by atoms with Crippen molar-refractivity contribution in [2.45, 2.75) is 52.0 Å². The van der Waals surface area contributed by atoms with Crippen molar-refractivity contribution in [3.8, 4) is 0 Å². The van der Waals surface area contributed by atoms with Crippen LogP contribution >= 0.6 is 0 Å². The molecule has 1 fully saturated rings. The van der Waals surface area contributed by atoms with Crippen LogP contribution in [0.1, 0.15) is 44.7 Å². The predicted molar refractivity (Wildman–Crippen MR) is 74.5 cm³/mol. The Labute approximate surface area is 114 Å². The lowest BCUT2D eigenvalue weighted by atomic mass is 9.73. The van der Waals surface area contributed by atoms with Crippen molar-refractivity contribution < 1.29 is 9.18 Å². The lowest BCUT2D eigenvalue weighted by Crippen LogP contribution is -2.39. The molecule has 0 aliphatic carbocycles. The summed E-state index contributed by atoms with van der Waals surface area (Å²) >= 11 is 0. The maximum Gasteiger partial charge on any atom is 0.221 e. The number of hydrogen-bond acceptors (Lipinski definition) is 1. The molecule has 1 aromatic carbocycles. The fraction of sp³-hybridized carbons (Fsp3) is 0.562. The summed E-state index contributed by atoms with van der Waals surface area (Å²) in [6.07, 6.45) is 1.35. The van der Waals surface area contributed by atoms with E-state index in [1.807, 2.05) is 6.07 Å². The monoisotopic (exact) mass is 263 g/mol. The van der Waals surface area contributed by atoms with E-state index < -0.39 is 0 Å². The van der Waals surface area contributed by atoms with Gasteiger partial charge in [-0.15, -0.1) is 0 Å². The Morgan fingerprint density at radius 1 is 1.47 bits per heavy atom. The van der Waals surface area contributed by atoms with Gasteiger partial charge in [0.1, 0.15) is 5.82 Å². The fourth-order valence-corrected chi connectivity index (χ4v) is 2.90. The second-order valence-electron chi connectivity index (χ2n) is 6.31. The fourth-order valence-electron chi connectivity index (χ4n) is 2.90. The summed E-state index contributed by atoms with van der Waals surface area (Å²) in [6.45, 7) is 8.09. The molecule has 2 unspecified atom stereocenters. The average molecular weight is 263 g/mol. The van der Waals surface area contributed by atoms with Crippen LogP contribution in [0.15, 0.2) is 18.2 Å². The minimum absolute atomic E-state index is 0.0640. The molecule has 0 radical (unpaired) electrons. The van der Waals surface area contributed by atoms with Crippen molar-refractivity contribution in [2.24, 2.45) is 5.92 Å². The summed E-state index contributed by atoms with van der Waals surface area (Å²) in [5.74, 6) is 0.369. The second kappa shape index (κ2) is 4.95. The van der Waals surface area contributed by atoms with E-state index in [0.29, 0.717) is 17.9 Å². The first kappa shape index (κ1) is 14.0. The van der Waals surface area contributed by atoms with Crippen molar-refractivity contribution in [3.05, 3.63) is 35.1 Å². The third kappa shape index (κ3) is 2.65. The molecule has 2 rings (SSSR count). The summed E-state index contributed by atoms with van der Waals surface area (Å²) in [7, 11) is 0. The van der Waals surface area contributed by atoms with Gasteiger partial charge in [0, 0.05) is 17.9 Å². The van der Waals surface area contributed by atoms with E-state index in [1.54, 1.807) is 19.1 Å². The van der Waals surface area contributed by atoms with E-state index in [-0.39, 0.29) is 23.2 Å². The lowest BCUT2D eigenvalue weighted by Gasteiger charge is -2.32. The first-order chi connectivity index (χ1) is 8.83. The molecule has 0 saturated carbocycles. The Balaban J connectivity index is 2.37. The van der Waals surface area contributed by atoms with Crippen LogP contribution in [0.3, 0.4) is 0 Å². The van der Waals surface area contributed by atoms with Gasteiger partial charge in [-0.2, -0.15) is 0 Å². The summed E-state index contributed by atoms with van der Waals surface area (Å²) in [5, 5.41) is 3.05. The highest BCUT2D eigenvalue weighted by Crippen LogP contribution is 2.38. The van der Waals surface area contributed by atoms with Crippen LogP contribution in [0.25, 0.3) is 0 Å². The van der Waals surface area contributed by atoms with E-state index >= 15 is 0 Å². The standard InChI is InChI=1S/C16H22FNO/c1-10(2)7-14-16(4,9-15(19)18-14)12-6-5-11(3)13(17)8-12/h5-6,8,10,14H,7,9H2,1-4H3,(H,18,19). The third-order valence-corrected chi connectivity index (χ3v) is 4.17. The number of amides is 1. The minimum Gasteiger partial charge on any atom is -0.352 e. The van der Waals surface area contributed by atoms with Crippen molar-refractivity contribution >= 4 is 5.91 Å². The Bertz CT molecular complexity index is 498. The van der Waals surface area contributed by atoms with Crippen molar-refractivity contribution in [2.75, 3.05) is 0 Å². The van der Waals surface area contributed by atoms with E-state index in [9.17, 15) is 9.18 Å². The maximum atomic E-state index is 13.8. The maximum absolute atomic E-state index is 13.8. The van der Waals surface area contributed by atoms with Gasteiger partial charge in [-0.1, -0.05) is 32.9 Å². The molecule has 3 heteroatoms. The first-order valence-electron chi connectivity index (χ1n) is 6.89. The van der Waals surface area contributed by atoms with Gasteiger partial charge in [-0.05, 0) is 36.5 Å². The number of nitrogens with one attached hydrogen (secondary N) is 1. The number of halogens is 1. The molecule has 1 saturated heterocycles. The molecule has 104 valence electrons. The van der Waals surface area contributed by atoms with Crippen molar-refractivity contribution in [3.63, 3.8) is 0 Å². The van der Waals surface area contributed by atoms with Crippen LogP contribution < -0.4 is 5.32 Å². The quantitative estimate of drug-likeness (QED) is 0.890. The molecule has 19 heavy (non-hydrogen) atoms. The molecule has 2 atom stereocenters. The zero-order valence-corrected chi connectivity index (χ0v) is 12.1. The molecule has 1 amide bonds. The highest BCUT2D eigenvalue weighted by molar-refractivity contribution is 5.81. The highest BCUT2D eigenvalue weighted by atomic mass is 19.1. The Morgan fingerprint density at radius 3 is 2.74 bits per heavy atom. The number of hydrogen-bond donors (Lipinski definition) is 1. The summed E-state index contributed by atoms with van der Waals surface area (Å²) in [5.41, 5.74) is 1.25. The second-order valence-corrected chi connectivity index (χ2v) is 6.31. The van der Waals surface area contributed by atoms with Gasteiger partial charge in [-0.25, -0.2) is 4.39 Å². The molecule has 2 nitrogen and oxygen atoms in total. The summed E-state index contributed by atoms with van der Waals surface area (Å²) in [6, 6.07) is 5.42. The van der Waals surface area contributed by atoms with Gasteiger partial charge in [0.15, 0.2) is 0 Å². The molecule has 1 heterocycles. The number of aryl methyl sites for hydroxylation is 1. The van der Waals surface area contributed by atoms with E-state index in [1.165, 1.54) is 0 Å². The number of rotatable bonds is 3. The largest absolute Gasteiger partial charge is 0.352 e. The minimum atomic E-state index is -0.310. The molecular formula is C16H22FNO. The molecule has 1 N–H and O–H groups in total. The Morgan fingerprint density at radius 2 is 2.16 bits per heavy atom. The van der Waals surface area contributed by atoms with E-state index in [4.69, 9.17) is 0 Å². The van der Waals surface area contributed by atoms with Crippen LogP contribution in [0.4, 0.5) is 4.39 Å². The molecular weight excluding hydrogens is 241 g/mol. The summed E-state index contributed by atoms with van der Waals surface area (Å²) in [4.78, 5) is 11.8. The van der Waals surface area contributed by atoms with Crippen LogP contribution in [-0.4, -0.2) is 11.9 Å². The van der Waals surface area contributed by atoms with Gasteiger partial charge in [0.25, 0.3) is 0 Å². The summed E-state index contributed by atoms with van der Waals surface area (Å²) < 4.78 is 13.8. The molecule has 0 spiro atoms. The van der Waals surface area contributed by atoms with Crippen LogP contribution in [0.2, 0.25) is 0 Å². The molecule has 0 bridgehead atoms. The SMILES string of the molecule is Cc1ccc(C2(C)CC(=O)NC2CC(C)C)cc1F. The van der Waals surface area contributed by atoms with E-state index in [0.717, 1.165) is 12.0 Å². The zero-order valence-electron chi connectivity index (χ0n) is 12.1. The van der Waals surface area contributed by atoms with Crippen LogP contribution in [0, 0.1) is 18.7 Å². The zero-order chi connectivity index (χ0) is 14.2. The predicted octanol–water partition coefficient (Wildman–Crippen LogP) is 3.33. The molecule has 1 aliphatic rings. The number of benzene rings is 1. The normalized spacial score (nSPS) is 26.8. The lowest BCUT2D eigenvalue weighted by molar-refractivity contribution is -0.119. The first-order valence-corrected chi connectivity index (χ1v) is 6.89. The molecule has 0 aromatic heterocycles. The molecule has 1 aromatic rings. The average Bonchev–Trinajstić information content (AvgIpc) is 2.58. The smallest absolute Gasteiger partial charge is 0.221 e. The Kier molecular flexibility index (Phi) is 3.66. The topological polar surface area (TPSA) is 29.1 Å². The van der Waals surface area contributed by atoms with Crippen LogP contribution in [0.5, 0.6) is 0 Å². The van der Waals surface area contributed by atoms with Crippen LogP contribution in [-0.2, 0) is 10.2 Å². The van der Waals surface area contributed by atoms with Gasteiger partial charge in [-0.3, -0.25) is 4.79 Å². The van der Waals surface area contributed by atoms with Crippen molar-refractivity contribution in [1.29, 1.82) is 0 Å². The molecule has 1 aliphatic heterocycles. The van der Waals surface area contributed by atoms with Gasteiger partial charge < -0.3 is 5.32 Å². The van der Waals surface area contributed by atoms with Gasteiger partial charge in [0.05, 0.1) is 0 Å². The highest BCUT2D eigenvalue weighted by Gasteiger charge is 2.44. The Hall–Kier alpha value is -1.38. The van der Waals surface area contributed by atoms with Gasteiger partial charge >= 0.3 is 0 Å². The van der Waals surface area contributed by atoms with Gasteiger partial charge in [0.2, 0.25) is 5.91 Å². The van der Waals surface area contributed by atoms with Crippen molar-refractivity contribution in [1.82, 2.24) is 5.32 Å². The number of carbonyl (C=O) groups excluding carboxylic acids is 1.